The van der Waals surface area contributed by atoms with Crippen LogP contribution in [0, 0.1) is 6.92 Å². The second-order valence-corrected chi connectivity index (χ2v) is 5.33. The van der Waals surface area contributed by atoms with Crippen molar-refractivity contribution in [2.24, 2.45) is 0 Å². The van der Waals surface area contributed by atoms with Crippen LogP contribution in [0.2, 0.25) is 0 Å². The zero-order chi connectivity index (χ0) is 16.4. The lowest BCUT2D eigenvalue weighted by molar-refractivity contribution is -0.203. The first kappa shape index (κ1) is 17.3. The lowest BCUT2D eigenvalue weighted by Crippen LogP contribution is -2.62. The first-order valence-corrected chi connectivity index (χ1v) is 6.42. The number of aliphatic carboxylic acids is 1. The number of hydrogen-bond acceptors (Lipinski definition) is 2. The van der Waals surface area contributed by atoms with Gasteiger partial charge in [-0.05, 0) is 37.6 Å². The maximum absolute atomic E-state index is 12.7. The quantitative estimate of drug-likeness (QED) is 0.765. The van der Waals surface area contributed by atoms with Gasteiger partial charge in [0, 0.05) is 10.2 Å². The molecule has 2 amide bonds. The molecule has 0 bridgehead atoms. The fraction of sp³-hybridized carbons (Fsp3) is 0.333. The molecule has 1 unspecified atom stereocenters. The number of amides is 2. The maximum atomic E-state index is 12.7. The molecule has 1 aromatic rings. The molecule has 0 radical (unpaired) electrons. The number of anilines is 1. The highest BCUT2D eigenvalue weighted by Gasteiger charge is 2.58. The number of rotatable bonds is 3. The zero-order valence-electron chi connectivity index (χ0n) is 11.0. The standard InChI is InChI=1S/C12H12BrF3N2O3/c1-6-5-7(3-4-8(6)13)17-10(21)18-11(2,9(19)20)12(14,15)16/h3-5H,1-2H3,(H,19,20)(H2,17,18,21). The highest BCUT2D eigenvalue weighted by atomic mass is 79.9. The van der Waals surface area contributed by atoms with Gasteiger partial charge in [-0.25, -0.2) is 9.59 Å². The van der Waals surface area contributed by atoms with E-state index >= 15 is 0 Å². The number of alkyl halides is 3. The highest BCUT2D eigenvalue weighted by molar-refractivity contribution is 9.10. The summed E-state index contributed by atoms with van der Waals surface area (Å²) in [6.45, 7) is 2.10. The van der Waals surface area contributed by atoms with Crippen LogP contribution in [0.5, 0.6) is 0 Å². The summed E-state index contributed by atoms with van der Waals surface area (Å²) in [6, 6.07) is 3.32. The second kappa shape index (κ2) is 5.92. The van der Waals surface area contributed by atoms with E-state index in [1.807, 2.05) is 0 Å². The molecular weight excluding hydrogens is 357 g/mol. The van der Waals surface area contributed by atoms with Crippen LogP contribution in [0.25, 0.3) is 0 Å². The molecule has 0 spiro atoms. The van der Waals surface area contributed by atoms with Gasteiger partial charge in [0.2, 0.25) is 5.54 Å². The van der Waals surface area contributed by atoms with E-state index in [4.69, 9.17) is 5.11 Å². The Morgan fingerprint density at radius 3 is 2.29 bits per heavy atom. The van der Waals surface area contributed by atoms with Crippen LogP contribution in [0.3, 0.4) is 0 Å². The Kier molecular flexibility index (Phi) is 4.87. The first-order chi connectivity index (χ1) is 9.47. The van der Waals surface area contributed by atoms with E-state index in [2.05, 4.69) is 21.2 Å². The maximum Gasteiger partial charge on any atom is 0.422 e. The molecule has 0 fully saturated rings. The summed E-state index contributed by atoms with van der Waals surface area (Å²) in [7, 11) is 0. The van der Waals surface area contributed by atoms with Crippen molar-refractivity contribution in [1.29, 1.82) is 0 Å². The number of nitrogens with one attached hydrogen (secondary N) is 2. The van der Waals surface area contributed by atoms with Crippen LogP contribution < -0.4 is 10.6 Å². The molecule has 3 N–H and O–H groups in total. The van der Waals surface area contributed by atoms with E-state index in [1.54, 1.807) is 13.0 Å². The fourth-order valence-corrected chi connectivity index (χ4v) is 1.60. The van der Waals surface area contributed by atoms with Crippen LogP contribution >= 0.6 is 15.9 Å². The molecule has 9 heteroatoms. The van der Waals surface area contributed by atoms with E-state index in [9.17, 15) is 22.8 Å². The average molecular weight is 369 g/mol. The molecule has 0 saturated heterocycles. The Labute approximate surface area is 126 Å². The van der Waals surface area contributed by atoms with Gasteiger partial charge in [0.05, 0.1) is 0 Å². The second-order valence-electron chi connectivity index (χ2n) is 4.47. The van der Waals surface area contributed by atoms with Gasteiger partial charge in [-0.1, -0.05) is 15.9 Å². The van der Waals surface area contributed by atoms with E-state index in [0.29, 0.717) is 6.92 Å². The minimum Gasteiger partial charge on any atom is -0.479 e. The van der Waals surface area contributed by atoms with Crippen LogP contribution in [0.15, 0.2) is 22.7 Å². The number of halogens is 4. The third-order valence-electron chi connectivity index (χ3n) is 2.77. The lowest BCUT2D eigenvalue weighted by Gasteiger charge is -2.28. The van der Waals surface area contributed by atoms with Crippen LogP contribution in [0.1, 0.15) is 12.5 Å². The van der Waals surface area contributed by atoms with Crippen LogP contribution in [-0.2, 0) is 4.79 Å². The monoisotopic (exact) mass is 368 g/mol. The van der Waals surface area contributed by atoms with Crippen molar-refractivity contribution in [2.75, 3.05) is 5.32 Å². The number of aryl methyl sites for hydroxylation is 1. The minimum absolute atomic E-state index is 0.239. The number of hydrogen-bond donors (Lipinski definition) is 3. The van der Waals surface area contributed by atoms with Gasteiger partial charge >= 0.3 is 18.2 Å². The SMILES string of the molecule is Cc1cc(NC(=O)NC(C)(C(=O)O)C(F)(F)F)ccc1Br. The molecule has 0 aliphatic heterocycles. The number of carbonyl (C=O) groups is 2. The molecule has 1 rings (SSSR count). The van der Waals surface area contributed by atoms with Crippen molar-refractivity contribution in [2.45, 2.75) is 25.6 Å². The summed E-state index contributed by atoms with van der Waals surface area (Å²) < 4.78 is 39.0. The first-order valence-electron chi connectivity index (χ1n) is 5.63. The van der Waals surface area contributed by atoms with Crippen molar-refractivity contribution < 1.29 is 27.9 Å². The predicted octanol–water partition coefficient (Wildman–Crippen LogP) is 3.28. The van der Waals surface area contributed by atoms with Crippen molar-refractivity contribution in [3.8, 4) is 0 Å². The lowest BCUT2D eigenvalue weighted by atomic mass is 10.0. The molecule has 0 aromatic heterocycles. The Balaban J connectivity index is 2.89. The molecule has 0 aliphatic rings. The number of urea groups is 1. The normalized spacial score (nSPS) is 14.2. The van der Waals surface area contributed by atoms with E-state index in [-0.39, 0.29) is 5.69 Å². The molecule has 0 saturated carbocycles. The average Bonchev–Trinajstić information content (AvgIpc) is 2.32. The van der Waals surface area contributed by atoms with Crippen molar-refractivity contribution in [3.63, 3.8) is 0 Å². The smallest absolute Gasteiger partial charge is 0.422 e. The molecule has 116 valence electrons. The van der Waals surface area contributed by atoms with Crippen molar-refractivity contribution in [1.82, 2.24) is 5.32 Å². The van der Waals surface area contributed by atoms with E-state index < -0.39 is 23.7 Å². The zero-order valence-corrected chi connectivity index (χ0v) is 12.6. The Morgan fingerprint density at radius 2 is 1.86 bits per heavy atom. The third-order valence-corrected chi connectivity index (χ3v) is 3.66. The Hall–Kier alpha value is -1.77. The third kappa shape index (κ3) is 3.87. The van der Waals surface area contributed by atoms with Crippen LogP contribution in [0.4, 0.5) is 23.7 Å². The van der Waals surface area contributed by atoms with Crippen LogP contribution in [-0.4, -0.2) is 28.8 Å². The summed E-state index contributed by atoms with van der Waals surface area (Å²) in [5.74, 6) is -2.20. The summed E-state index contributed by atoms with van der Waals surface area (Å²) in [5, 5.41) is 12.3. The van der Waals surface area contributed by atoms with Gasteiger partial charge in [0.25, 0.3) is 0 Å². The molecule has 21 heavy (non-hydrogen) atoms. The topological polar surface area (TPSA) is 78.4 Å². The summed E-state index contributed by atoms with van der Waals surface area (Å²) in [6.07, 6.45) is -5.13. The number of carbonyl (C=O) groups excluding carboxylic acids is 1. The van der Waals surface area contributed by atoms with Gasteiger partial charge in [0.1, 0.15) is 0 Å². The summed E-state index contributed by atoms with van der Waals surface area (Å²) in [4.78, 5) is 22.4. The van der Waals surface area contributed by atoms with Crippen molar-refractivity contribution >= 4 is 33.6 Å². The predicted molar refractivity (Wildman–Crippen MR) is 73.1 cm³/mol. The van der Waals surface area contributed by atoms with Crippen molar-refractivity contribution in [3.05, 3.63) is 28.2 Å². The van der Waals surface area contributed by atoms with Gasteiger partial charge in [-0.15, -0.1) is 0 Å². The number of benzene rings is 1. The fourth-order valence-electron chi connectivity index (χ4n) is 1.36. The minimum atomic E-state index is -5.13. The molecule has 0 heterocycles. The Morgan fingerprint density at radius 1 is 1.29 bits per heavy atom. The van der Waals surface area contributed by atoms with Gasteiger partial charge in [-0.2, -0.15) is 13.2 Å². The molecular formula is C12H12BrF3N2O3. The molecule has 0 aliphatic carbocycles. The van der Waals surface area contributed by atoms with Gasteiger partial charge < -0.3 is 15.7 Å². The highest BCUT2D eigenvalue weighted by Crippen LogP contribution is 2.30. The largest absolute Gasteiger partial charge is 0.479 e. The summed E-state index contributed by atoms with van der Waals surface area (Å²) in [5.41, 5.74) is -2.38. The van der Waals surface area contributed by atoms with E-state index in [1.165, 1.54) is 17.4 Å². The van der Waals surface area contributed by atoms with Gasteiger partial charge in [0.15, 0.2) is 0 Å². The summed E-state index contributed by atoms with van der Waals surface area (Å²) >= 11 is 3.23. The Bertz CT molecular complexity index is 577. The van der Waals surface area contributed by atoms with E-state index in [0.717, 1.165) is 10.0 Å². The molecule has 5 nitrogen and oxygen atoms in total. The molecule has 1 aromatic carbocycles. The number of carboxylic acid groups (broad SMARTS) is 1. The molecule has 1 atom stereocenters. The van der Waals surface area contributed by atoms with Gasteiger partial charge in [-0.3, -0.25) is 0 Å². The number of carboxylic acids is 1.